The van der Waals surface area contributed by atoms with Gasteiger partial charge in [-0.15, -0.1) is 0 Å². The molecule has 0 amide bonds. The lowest BCUT2D eigenvalue weighted by atomic mass is 10.2. The van der Waals surface area contributed by atoms with Gasteiger partial charge in [0.2, 0.25) is 5.88 Å². The topological polar surface area (TPSA) is 36.3 Å². The zero-order valence-corrected chi connectivity index (χ0v) is 12.2. The molecule has 0 aliphatic carbocycles. The second-order valence-electron chi connectivity index (χ2n) is 4.74. The molecule has 0 saturated carbocycles. The summed E-state index contributed by atoms with van der Waals surface area (Å²) in [6, 6.07) is 12.2. The molecule has 21 heavy (non-hydrogen) atoms. The largest absolute Gasteiger partial charge is 0.493 e. The lowest BCUT2D eigenvalue weighted by molar-refractivity contribution is 0.344. The first-order valence-corrected chi connectivity index (χ1v) is 7.02. The molecule has 0 saturated heterocycles. The van der Waals surface area contributed by atoms with Crippen molar-refractivity contribution in [2.24, 2.45) is 0 Å². The van der Waals surface area contributed by atoms with Crippen molar-refractivity contribution < 1.29 is 9.47 Å². The molecule has 0 fully saturated rings. The van der Waals surface area contributed by atoms with E-state index >= 15 is 0 Å². The fraction of sp³-hybridized carbons (Fsp3) is 0.235. The average Bonchev–Trinajstić information content (AvgIpc) is 2.92. The highest BCUT2D eigenvalue weighted by molar-refractivity contribution is 5.86. The highest BCUT2D eigenvalue weighted by atomic mass is 16.5. The third-order valence-electron chi connectivity index (χ3n) is 3.46. The van der Waals surface area contributed by atoms with Crippen LogP contribution in [0.2, 0.25) is 0 Å². The molecule has 0 radical (unpaired) electrons. The zero-order valence-electron chi connectivity index (χ0n) is 12.2. The summed E-state index contributed by atoms with van der Waals surface area (Å²) in [6.07, 6.45) is 3.81. The number of methoxy groups -OCH3 is 1. The summed E-state index contributed by atoms with van der Waals surface area (Å²) in [7, 11) is 1.65. The summed E-state index contributed by atoms with van der Waals surface area (Å²) in [5, 5.41) is 1.13. The number of aromatic nitrogens is 2. The molecule has 0 spiro atoms. The van der Waals surface area contributed by atoms with Crippen molar-refractivity contribution in [2.75, 3.05) is 13.7 Å². The van der Waals surface area contributed by atoms with Gasteiger partial charge in [-0.1, -0.05) is 12.1 Å². The Bertz CT molecular complexity index is 749. The van der Waals surface area contributed by atoms with Crippen molar-refractivity contribution in [1.82, 2.24) is 9.55 Å². The molecule has 2 heterocycles. The standard InChI is InChI=1S/C17H18N2O2/c1-3-21-16-8-4-7-15-14(16)9-11-19(15)12-13-6-5-10-18-17(13)20-2/h4-11H,3,12H2,1-2H3. The van der Waals surface area contributed by atoms with Gasteiger partial charge >= 0.3 is 0 Å². The molecular weight excluding hydrogens is 264 g/mol. The SMILES string of the molecule is CCOc1cccc2c1ccn2Cc1cccnc1OC. The fourth-order valence-electron chi connectivity index (χ4n) is 2.53. The number of hydrogen-bond acceptors (Lipinski definition) is 3. The van der Waals surface area contributed by atoms with E-state index in [0.717, 1.165) is 28.8 Å². The van der Waals surface area contributed by atoms with Crippen LogP contribution >= 0.6 is 0 Å². The number of hydrogen-bond donors (Lipinski definition) is 0. The van der Waals surface area contributed by atoms with Crippen LogP contribution in [0.1, 0.15) is 12.5 Å². The van der Waals surface area contributed by atoms with Crippen LogP contribution in [0.15, 0.2) is 48.8 Å². The predicted molar refractivity (Wildman–Crippen MR) is 83.0 cm³/mol. The monoisotopic (exact) mass is 282 g/mol. The molecule has 4 nitrogen and oxygen atoms in total. The third kappa shape index (κ3) is 2.57. The van der Waals surface area contributed by atoms with Crippen LogP contribution in [-0.2, 0) is 6.54 Å². The van der Waals surface area contributed by atoms with Crippen molar-refractivity contribution in [3.05, 3.63) is 54.4 Å². The number of ether oxygens (including phenoxy) is 2. The van der Waals surface area contributed by atoms with E-state index in [2.05, 4.69) is 27.9 Å². The van der Waals surface area contributed by atoms with Crippen LogP contribution in [0.5, 0.6) is 11.6 Å². The number of fused-ring (bicyclic) bond motifs is 1. The van der Waals surface area contributed by atoms with Gasteiger partial charge in [0.25, 0.3) is 0 Å². The predicted octanol–water partition coefficient (Wildman–Crippen LogP) is 3.49. The van der Waals surface area contributed by atoms with Crippen molar-refractivity contribution in [1.29, 1.82) is 0 Å². The van der Waals surface area contributed by atoms with Crippen LogP contribution in [0, 0.1) is 0 Å². The van der Waals surface area contributed by atoms with Gasteiger partial charge in [0, 0.05) is 23.3 Å². The maximum Gasteiger partial charge on any atom is 0.218 e. The maximum atomic E-state index is 5.68. The Labute approximate surface area is 123 Å². The Hall–Kier alpha value is -2.49. The Morgan fingerprint density at radius 3 is 2.86 bits per heavy atom. The zero-order chi connectivity index (χ0) is 14.7. The summed E-state index contributed by atoms with van der Waals surface area (Å²) < 4.78 is 13.2. The fourth-order valence-corrected chi connectivity index (χ4v) is 2.53. The summed E-state index contributed by atoms with van der Waals surface area (Å²) in [5.74, 6) is 1.59. The Morgan fingerprint density at radius 2 is 2.05 bits per heavy atom. The van der Waals surface area contributed by atoms with Gasteiger partial charge in [-0.2, -0.15) is 0 Å². The first kappa shape index (κ1) is 13.5. The number of nitrogens with zero attached hydrogens (tertiary/aromatic N) is 2. The average molecular weight is 282 g/mol. The first-order valence-electron chi connectivity index (χ1n) is 7.02. The normalized spacial score (nSPS) is 10.8. The molecule has 4 heteroatoms. The van der Waals surface area contributed by atoms with Crippen molar-refractivity contribution in [2.45, 2.75) is 13.5 Å². The van der Waals surface area contributed by atoms with Crippen LogP contribution in [0.4, 0.5) is 0 Å². The quantitative estimate of drug-likeness (QED) is 0.718. The first-order chi connectivity index (χ1) is 10.3. The molecule has 0 aliphatic heterocycles. The smallest absolute Gasteiger partial charge is 0.218 e. The summed E-state index contributed by atoms with van der Waals surface area (Å²) in [4.78, 5) is 4.24. The molecule has 3 rings (SSSR count). The Morgan fingerprint density at radius 1 is 1.14 bits per heavy atom. The lowest BCUT2D eigenvalue weighted by Crippen LogP contribution is -2.01. The third-order valence-corrected chi connectivity index (χ3v) is 3.46. The van der Waals surface area contributed by atoms with E-state index in [9.17, 15) is 0 Å². The van der Waals surface area contributed by atoms with E-state index in [1.807, 2.05) is 31.2 Å². The van der Waals surface area contributed by atoms with Crippen LogP contribution in [0.25, 0.3) is 10.9 Å². The minimum atomic E-state index is 0.667. The molecule has 0 N–H and O–H groups in total. The van der Waals surface area contributed by atoms with E-state index in [1.165, 1.54) is 0 Å². The molecule has 0 bridgehead atoms. The summed E-state index contributed by atoms with van der Waals surface area (Å²) in [5.41, 5.74) is 2.20. The molecule has 3 aromatic rings. The summed E-state index contributed by atoms with van der Waals surface area (Å²) in [6.45, 7) is 3.38. The van der Waals surface area contributed by atoms with E-state index in [0.29, 0.717) is 12.5 Å². The highest BCUT2D eigenvalue weighted by Crippen LogP contribution is 2.28. The van der Waals surface area contributed by atoms with Crippen molar-refractivity contribution in [3.8, 4) is 11.6 Å². The van der Waals surface area contributed by atoms with Crippen LogP contribution < -0.4 is 9.47 Å². The van der Waals surface area contributed by atoms with Crippen LogP contribution in [0.3, 0.4) is 0 Å². The molecule has 0 aliphatic rings. The second-order valence-corrected chi connectivity index (χ2v) is 4.74. The van der Waals surface area contributed by atoms with Gasteiger partial charge in [0.15, 0.2) is 0 Å². The second kappa shape index (κ2) is 5.87. The van der Waals surface area contributed by atoms with Gasteiger partial charge in [0.1, 0.15) is 5.75 Å². The Kier molecular flexibility index (Phi) is 3.77. The van der Waals surface area contributed by atoms with Crippen LogP contribution in [-0.4, -0.2) is 23.3 Å². The van der Waals surface area contributed by atoms with Gasteiger partial charge in [-0.25, -0.2) is 4.98 Å². The number of rotatable bonds is 5. The van der Waals surface area contributed by atoms with E-state index in [4.69, 9.17) is 9.47 Å². The van der Waals surface area contributed by atoms with Crippen molar-refractivity contribution in [3.63, 3.8) is 0 Å². The van der Waals surface area contributed by atoms with Gasteiger partial charge in [0.05, 0.1) is 25.8 Å². The lowest BCUT2D eigenvalue weighted by Gasteiger charge is -2.10. The minimum absolute atomic E-state index is 0.667. The van der Waals surface area contributed by atoms with Gasteiger partial charge in [-0.3, -0.25) is 0 Å². The van der Waals surface area contributed by atoms with E-state index in [-0.39, 0.29) is 0 Å². The van der Waals surface area contributed by atoms with Gasteiger partial charge < -0.3 is 14.0 Å². The summed E-state index contributed by atoms with van der Waals surface area (Å²) >= 11 is 0. The van der Waals surface area contributed by atoms with E-state index in [1.54, 1.807) is 13.3 Å². The minimum Gasteiger partial charge on any atom is -0.493 e. The maximum absolute atomic E-state index is 5.68. The molecule has 1 aromatic carbocycles. The van der Waals surface area contributed by atoms with Crippen molar-refractivity contribution >= 4 is 10.9 Å². The molecule has 0 atom stereocenters. The molecule has 0 unspecified atom stereocenters. The molecular formula is C17H18N2O2. The molecule has 108 valence electrons. The number of pyridine rings is 1. The Balaban J connectivity index is 2.00. The molecule has 2 aromatic heterocycles. The number of benzene rings is 1. The van der Waals surface area contributed by atoms with E-state index < -0.39 is 0 Å². The highest BCUT2D eigenvalue weighted by Gasteiger charge is 2.09. The van der Waals surface area contributed by atoms with Gasteiger partial charge in [-0.05, 0) is 31.2 Å².